The van der Waals surface area contributed by atoms with Crippen molar-refractivity contribution < 1.29 is 9.90 Å². The summed E-state index contributed by atoms with van der Waals surface area (Å²) in [6.45, 7) is 3.59. The first-order chi connectivity index (χ1) is 7.99. The average Bonchev–Trinajstić information content (AvgIpc) is 2.57. The van der Waals surface area contributed by atoms with Crippen LogP contribution in [0, 0.1) is 13.8 Å². The zero-order valence-electron chi connectivity index (χ0n) is 9.93. The highest BCUT2D eigenvalue weighted by Gasteiger charge is 2.12. The lowest BCUT2D eigenvalue weighted by atomic mass is 10.1. The minimum Gasteiger partial charge on any atom is -0.478 e. The number of nitrogens with zero attached hydrogens (tertiary/aromatic N) is 3. The molecule has 17 heavy (non-hydrogen) atoms. The van der Waals surface area contributed by atoms with Crippen LogP contribution in [0.5, 0.6) is 0 Å². The molecule has 0 atom stereocenters. The van der Waals surface area contributed by atoms with E-state index < -0.39 is 5.97 Å². The summed E-state index contributed by atoms with van der Waals surface area (Å²) in [4.78, 5) is 15.2. The van der Waals surface area contributed by atoms with Gasteiger partial charge in [-0.25, -0.2) is 4.79 Å². The zero-order chi connectivity index (χ0) is 12.6. The first kappa shape index (κ1) is 11.3. The molecule has 5 heteroatoms. The van der Waals surface area contributed by atoms with Crippen LogP contribution in [0.4, 0.5) is 0 Å². The van der Waals surface area contributed by atoms with E-state index in [2.05, 4.69) is 10.1 Å². The Balaban J connectivity index is 2.51. The number of carboxylic acids is 1. The van der Waals surface area contributed by atoms with Crippen LogP contribution in [0.25, 0.3) is 11.3 Å². The third-order valence-electron chi connectivity index (χ3n) is 2.61. The molecule has 0 amide bonds. The number of aromatic nitrogens is 3. The third-order valence-corrected chi connectivity index (χ3v) is 2.61. The number of carboxylic acid groups (broad SMARTS) is 1. The number of pyridine rings is 1. The number of hydrogen-bond donors (Lipinski definition) is 1. The van der Waals surface area contributed by atoms with E-state index >= 15 is 0 Å². The fourth-order valence-corrected chi connectivity index (χ4v) is 1.79. The van der Waals surface area contributed by atoms with E-state index in [-0.39, 0.29) is 5.56 Å². The van der Waals surface area contributed by atoms with E-state index in [1.54, 1.807) is 23.7 Å². The normalized spacial score (nSPS) is 10.5. The lowest BCUT2D eigenvalue weighted by molar-refractivity contribution is 0.0695. The van der Waals surface area contributed by atoms with Crippen LogP contribution in [0.15, 0.2) is 18.3 Å². The number of aryl methyl sites for hydroxylation is 3. The summed E-state index contributed by atoms with van der Waals surface area (Å²) in [5, 5.41) is 13.2. The van der Waals surface area contributed by atoms with Gasteiger partial charge < -0.3 is 5.11 Å². The van der Waals surface area contributed by atoms with E-state index in [1.807, 2.05) is 20.2 Å². The summed E-state index contributed by atoms with van der Waals surface area (Å²) >= 11 is 0. The van der Waals surface area contributed by atoms with Crippen LogP contribution >= 0.6 is 0 Å². The molecule has 0 saturated carbocycles. The molecule has 0 bridgehead atoms. The standard InChI is InChI=1S/C12H13N3O2/c1-7-9(12(16)17)4-5-11(13-7)10-6-15(3)14-8(10)2/h4-6H,1-3H3,(H,16,17). The minimum atomic E-state index is -0.954. The van der Waals surface area contributed by atoms with E-state index in [9.17, 15) is 4.79 Å². The smallest absolute Gasteiger partial charge is 0.337 e. The molecule has 2 heterocycles. The van der Waals surface area contributed by atoms with Crippen LogP contribution in [0.2, 0.25) is 0 Å². The molecule has 0 radical (unpaired) electrons. The monoisotopic (exact) mass is 231 g/mol. The maximum absolute atomic E-state index is 10.9. The van der Waals surface area contributed by atoms with Crippen LogP contribution in [-0.4, -0.2) is 25.8 Å². The molecule has 0 fully saturated rings. The van der Waals surface area contributed by atoms with E-state index in [1.165, 1.54) is 0 Å². The highest BCUT2D eigenvalue weighted by molar-refractivity contribution is 5.89. The molecular formula is C12H13N3O2. The van der Waals surface area contributed by atoms with Gasteiger partial charge in [-0.15, -0.1) is 0 Å². The largest absolute Gasteiger partial charge is 0.478 e. The van der Waals surface area contributed by atoms with Gasteiger partial charge in [0.15, 0.2) is 0 Å². The second-order valence-corrected chi connectivity index (χ2v) is 3.94. The Hall–Kier alpha value is -2.17. The molecule has 0 aliphatic carbocycles. The third kappa shape index (κ3) is 2.04. The highest BCUT2D eigenvalue weighted by Crippen LogP contribution is 2.21. The van der Waals surface area contributed by atoms with Crippen molar-refractivity contribution in [3.63, 3.8) is 0 Å². The van der Waals surface area contributed by atoms with Crippen LogP contribution in [-0.2, 0) is 7.05 Å². The fourth-order valence-electron chi connectivity index (χ4n) is 1.79. The molecular weight excluding hydrogens is 218 g/mol. The summed E-state index contributed by atoms with van der Waals surface area (Å²) in [6.07, 6.45) is 1.87. The SMILES string of the molecule is Cc1nc(-c2cn(C)nc2C)ccc1C(=O)O. The van der Waals surface area contributed by atoms with Crippen molar-refractivity contribution >= 4 is 5.97 Å². The molecule has 0 unspecified atom stereocenters. The van der Waals surface area contributed by atoms with Crippen molar-refractivity contribution in [2.45, 2.75) is 13.8 Å². The average molecular weight is 231 g/mol. The molecule has 2 aromatic rings. The van der Waals surface area contributed by atoms with Gasteiger partial charge in [0.1, 0.15) is 0 Å². The molecule has 0 aliphatic rings. The number of rotatable bonds is 2. The number of carbonyl (C=O) groups is 1. The van der Waals surface area contributed by atoms with Crippen LogP contribution in [0.3, 0.4) is 0 Å². The minimum absolute atomic E-state index is 0.232. The Morgan fingerprint density at radius 1 is 1.29 bits per heavy atom. The van der Waals surface area contributed by atoms with Crippen molar-refractivity contribution in [2.75, 3.05) is 0 Å². The summed E-state index contributed by atoms with van der Waals surface area (Å²) in [7, 11) is 1.84. The quantitative estimate of drug-likeness (QED) is 0.855. The van der Waals surface area contributed by atoms with Crippen LogP contribution < -0.4 is 0 Å². The van der Waals surface area contributed by atoms with Gasteiger partial charge in [0.25, 0.3) is 0 Å². The molecule has 0 aromatic carbocycles. The molecule has 5 nitrogen and oxygen atoms in total. The fraction of sp³-hybridized carbons (Fsp3) is 0.250. The number of aromatic carboxylic acids is 1. The van der Waals surface area contributed by atoms with Gasteiger partial charge in [0, 0.05) is 18.8 Å². The van der Waals surface area contributed by atoms with Gasteiger partial charge in [-0.3, -0.25) is 9.67 Å². The molecule has 88 valence electrons. The Bertz CT molecular complexity index is 587. The van der Waals surface area contributed by atoms with Crippen molar-refractivity contribution in [1.29, 1.82) is 0 Å². The summed E-state index contributed by atoms with van der Waals surface area (Å²) in [6, 6.07) is 3.28. The molecule has 2 rings (SSSR count). The highest BCUT2D eigenvalue weighted by atomic mass is 16.4. The van der Waals surface area contributed by atoms with Gasteiger partial charge in [-0.2, -0.15) is 5.10 Å². The van der Waals surface area contributed by atoms with Gasteiger partial charge >= 0.3 is 5.97 Å². The first-order valence-corrected chi connectivity index (χ1v) is 5.20. The zero-order valence-corrected chi connectivity index (χ0v) is 9.93. The van der Waals surface area contributed by atoms with E-state index in [4.69, 9.17) is 5.11 Å². The van der Waals surface area contributed by atoms with Crippen molar-refractivity contribution in [3.05, 3.63) is 35.3 Å². The Morgan fingerprint density at radius 2 is 2.00 bits per heavy atom. The lowest BCUT2D eigenvalue weighted by Crippen LogP contribution is -2.02. The summed E-state index contributed by atoms with van der Waals surface area (Å²) in [5.74, 6) is -0.954. The van der Waals surface area contributed by atoms with E-state index in [0.717, 1.165) is 17.0 Å². The Morgan fingerprint density at radius 3 is 2.47 bits per heavy atom. The van der Waals surface area contributed by atoms with Crippen molar-refractivity contribution in [1.82, 2.24) is 14.8 Å². The lowest BCUT2D eigenvalue weighted by Gasteiger charge is -2.03. The van der Waals surface area contributed by atoms with Crippen molar-refractivity contribution in [3.8, 4) is 11.3 Å². The van der Waals surface area contributed by atoms with E-state index in [0.29, 0.717) is 5.69 Å². The topological polar surface area (TPSA) is 68.0 Å². The van der Waals surface area contributed by atoms with Gasteiger partial charge in [0.2, 0.25) is 0 Å². The maximum atomic E-state index is 10.9. The first-order valence-electron chi connectivity index (χ1n) is 5.20. The second-order valence-electron chi connectivity index (χ2n) is 3.94. The number of hydrogen-bond acceptors (Lipinski definition) is 3. The predicted molar refractivity (Wildman–Crippen MR) is 62.9 cm³/mol. The van der Waals surface area contributed by atoms with Gasteiger partial charge in [0.05, 0.1) is 22.6 Å². The molecule has 1 N–H and O–H groups in total. The molecule has 0 saturated heterocycles. The Labute approximate surface area is 98.7 Å². The summed E-state index contributed by atoms with van der Waals surface area (Å²) in [5.41, 5.74) is 3.29. The van der Waals surface area contributed by atoms with Gasteiger partial charge in [-0.05, 0) is 26.0 Å². The second kappa shape index (κ2) is 4.01. The molecule has 0 aliphatic heterocycles. The maximum Gasteiger partial charge on any atom is 0.337 e. The molecule has 2 aromatic heterocycles. The predicted octanol–water partition coefficient (Wildman–Crippen LogP) is 1.80. The van der Waals surface area contributed by atoms with Crippen molar-refractivity contribution in [2.24, 2.45) is 7.05 Å². The summed E-state index contributed by atoms with van der Waals surface area (Å²) < 4.78 is 1.72. The van der Waals surface area contributed by atoms with Crippen LogP contribution in [0.1, 0.15) is 21.7 Å². The van der Waals surface area contributed by atoms with Gasteiger partial charge in [-0.1, -0.05) is 0 Å². The Kier molecular flexibility index (Phi) is 2.67. The molecule has 0 spiro atoms.